The summed E-state index contributed by atoms with van der Waals surface area (Å²) >= 11 is 0. The van der Waals surface area contributed by atoms with Crippen molar-refractivity contribution in [1.82, 2.24) is 0 Å². The molecule has 0 aliphatic rings. The van der Waals surface area contributed by atoms with Gasteiger partial charge in [-0.2, -0.15) is 0 Å². The summed E-state index contributed by atoms with van der Waals surface area (Å²) in [5.41, 5.74) is 5.45. The Hall–Kier alpha value is -1.56. The zero-order valence-electron chi connectivity index (χ0n) is 15.9. The Kier molecular flexibility index (Phi) is 8.08. The largest absolute Gasteiger partial charge is 0.0654 e. The number of hydrogen-bond acceptors (Lipinski definition) is 0. The van der Waals surface area contributed by atoms with Crippen LogP contribution in [0.2, 0.25) is 0 Å². The third-order valence-electron chi connectivity index (χ3n) is 5.09. The molecule has 0 aliphatic heterocycles. The van der Waals surface area contributed by atoms with Gasteiger partial charge in [0.25, 0.3) is 0 Å². The van der Waals surface area contributed by atoms with Gasteiger partial charge < -0.3 is 0 Å². The summed E-state index contributed by atoms with van der Waals surface area (Å²) in [4.78, 5) is 0. The van der Waals surface area contributed by atoms with Crippen LogP contribution in [-0.4, -0.2) is 0 Å². The molecule has 0 bridgehead atoms. The minimum absolute atomic E-state index is 0.915. The summed E-state index contributed by atoms with van der Waals surface area (Å²) < 4.78 is 0. The van der Waals surface area contributed by atoms with Crippen LogP contribution in [0.1, 0.15) is 69.9 Å². The zero-order chi connectivity index (χ0) is 17.2. The number of rotatable bonds is 10. The number of benzene rings is 2. The summed E-state index contributed by atoms with van der Waals surface area (Å²) in [6, 6.07) is 18.0. The second-order valence-corrected chi connectivity index (χ2v) is 7.25. The minimum Gasteiger partial charge on any atom is -0.0654 e. The summed E-state index contributed by atoms with van der Waals surface area (Å²) in [6.07, 6.45) is 10.8. The van der Waals surface area contributed by atoms with Gasteiger partial charge in [0.05, 0.1) is 0 Å². The topological polar surface area (TPSA) is 0 Å². The van der Waals surface area contributed by atoms with E-state index in [2.05, 4.69) is 69.3 Å². The molecule has 0 spiro atoms. The highest BCUT2D eigenvalue weighted by Crippen LogP contribution is 2.24. The molecule has 0 saturated carbocycles. The minimum atomic E-state index is 0.915. The first-order chi connectivity index (χ1) is 11.7. The van der Waals surface area contributed by atoms with E-state index in [-0.39, 0.29) is 0 Å². The van der Waals surface area contributed by atoms with Crippen molar-refractivity contribution in [3.63, 3.8) is 0 Å². The van der Waals surface area contributed by atoms with Crippen LogP contribution in [0.15, 0.2) is 48.5 Å². The fraction of sp³-hybridized carbons (Fsp3) is 0.500. The normalized spacial score (nSPS) is 12.3. The molecule has 24 heavy (non-hydrogen) atoms. The number of unbranched alkanes of at least 4 members (excludes halogenated alkanes) is 2. The van der Waals surface area contributed by atoms with E-state index in [1.807, 2.05) is 0 Å². The van der Waals surface area contributed by atoms with E-state index in [9.17, 15) is 0 Å². The van der Waals surface area contributed by atoms with Crippen LogP contribution in [0.3, 0.4) is 0 Å². The fourth-order valence-electron chi connectivity index (χ4n) is 3.50. The Bertz CT molecular complexity index is 562. The summed E-state index contributed by atoms with van der Waals surface area (Å²) in [5.74, 6) is 0.915. The fourth-order valence-corrected chi connectivity index (χ4v) is 3.50. The summed E-state index contributed by atoms with van der Waals surface area (Å²) in [6.45, 7) is 6.76. The number of aryl methyl sites for hydroxylation is 2. The van der Waals surface area contributed by atoms with Crippen molar-refractivity contribution in [2.45, 2.75) is 72.1 Å². The first kappa shape index (κ1) is 18.8. The monoisotopic (exact) mass is 322 g/mol. The Morgan fingerprint density at radius 2 is 1.29 bits per heavy atom. The molecule has 1 unspecified atom stereocenters. The van der Waals surface area contributed by atoms with Crippen molar-refractivity contribution in [3.8, 4) is 11.1 Å². The smallest absolute Gasteiger partial charge is 0.0184 e. The first-order valence-electron chi connectivity index (χ1n) is 9.89. The molecular weight excluding hydrogens is 288 g/mol. The van der Waals surface area contributed by atoms with Crippen LogP contribution in [0, 0.1) is 12.8 Å². The van der Waals surface area contributed by atoms with Crippen LogP contribution in [0.4, 0.5) is 0 Å². The van der Waals surface area contributed by atoms with Gasteiger partial charge in [0.1, 0.15) is 0 Å². The third-order valence-corrected chi connectivity index (χ3v) is 5.09. The van der Waals surface area contributed by atoms with E-state index in [0.29, 0.717) is 0 Å². The van der Waals surface area contributed by atoms with Gasteiger partial charge in [-0.25, -0.2) is 0 Å². The molecule has 0 amide bonds. The van der Waals surface area contributed by atoms with Crippen LogP contribution >= 0.6 is 0 Å². The van der Waals surface area contributed by atoms with Gasteiger partial charge in [-0.05, 0) is 42.4 Å². The molecule has 0 nitrogen and oxygen atoms in total. The highest BCUT2D eigenvalue weighted by atomic mass is 14.1. The highest BCUT2D eigenvalue weighted by molar-refractivity contribution is 5.63. The second-order valence-electron chi connectivity index (χ2n) is 7.25. The van der Waals surface area contributed by atoms with Crippen LogP contribution in [0.25, 0.3) is 11.1 Å². The maximum atomic E-state index is 2.32. The summed E-state index contributed by atoms with van der Waals surface area (Å²) in [5, 5.41) is 0. The zero-order valence-corrected chi connectivity index (χ0v) is 15.9. The van der Waals surface area contributed by atoms with Crippen LogP contribution in [0.5, 0.6) is 0 Å². The second kappa shape index (κ2) is 10.3. The average molecular weight is 323 g/mol. The maximum Gasteiger partial charge on any atom is -0.0184 e. The molecule has 0 aromatic heterocycles. The molecule has 0 N–H and O–H groups in total. The van der Waals surface area contributed by atoms with Gasteiger partial charge in [0, 0.05) is 0 Å². The van der Waals surface area contributed by atoms with Crippen LogP contribution < -0.4 is 0 Å². The molecule has 2 rings (SSSR count). The van der Waals surface area contributed by atoms with E-state index >= 15 is 0 Å². The molecule has 2 aromatic rings. The van der Waals surface area contributed by atoms with E-state index in [1.54, 1.807) is 0 Å². The van der Waals surface area contributed by atoms with Gasteiger partial charge in [-0.1, -0.05) is 106 Å². The molecule has 0 saturated heterocycles. The Balaban J connectivity index is 1.89. The van der Waals surface area contributed by atoms with Gasteiger partial charge in [0.2, 0.25) is 0 Å². The molecule has 0 radical (unpaired) electrons. The molecular formula is C24H34. The van der Waals surface area contributed by atoms with Crippen molar-refractivity contribution < 1.29 is 0 Å². The molecule has 0 fully saturated rings. The van der Waals surface area contributed by atoms with Crippen molar-refractivity contribution in [2.75, 3.05) is 0 Å². The van der Waals surface area contributed by atoms with Crippen molar-refractivity contribution >= 4 is 0 Å². The molecule has 0 heteroatoms. The standard InChI is InChI=1S/C24H34/c1-4-6-7-9-21(8-5-2)12-13-22-14-18-24(19-15-22)23-16-10-20(3)11-17-23/h10-11,14-19,21H,4-9,12-13H2,1-3H3. The van der Waals surface area contributed by atoms with Gasteiger partial charge in [0.15, 0.2) is 0 Å². The predicted octanol–water partition coefficient (Wildman–Crippen LogP) is 7.59. The quantitative estimate of drug-likeness (QED) is 0.395. The number of hydrogen-bond donors (Lipinski definition) is 0. The van der Waals surface area contributed by atoms with Gasteiger partial charge >= 0.3 is 0 Å². The maximum absolute atomic E-state index is 2.32. The average Bonchev–Trinajstić information content (AvgIpc) is 2.61. The summed E-state index contributed by atoms with van der Waals surface area (Å²) in [7, 11) is 0. The molecule has 1 atom stereocenters. The van der Waals surface area contributed by atoms with Crippen LogP contribution in [-0.2, 0) is 6.42 Å². The van der Waals surface area contributed by atoms with Gasteiger partial charge in [-0.3, -0.25) is 0 Å². The van der Waals surface area contributed by atoms with E-state index in [1.165, 1.54) is 73.6 Å². The van der Waals surface area contributed by atoms with E-state index in [4.69, 9.17) is 0 Å². The first-order valence-corrected chi connectivity index (χ1v) is 9.89. The molecule has 130 valence electrons. The van der Waals surface area contributed by atoms with Crippen molar-refractivity contribution in [3.05, 3.63) is 59.7 Å². The highest BCUT2D eigenvalue weighted by Gasteiger charge is 2.08. The van der Waals surface area contributed by atoms with Gasteiger partial charge in [-0.15, -0.1) is 0 Å². The molecule has 2 aromatic carbocycles. The Labute approximate surface area is 149 Å². The lowest BCUT2D eigenvalue weighted by molar-refractivity contribution is 0.398. The predicted molar refractivity (Wildman–Crippen MR) is 107 cm³/mol. The van der Waals surface area contributed by atoms with Crippen molar-refractivity contribution in [1.29, 1.82) is 0 Å². The Morgan fingerprint density at radius 3 is 1.88 bits per heavy atom. The lowest BCUT2D eigenvalue weighted by Crippen LogP contribution is -2.02. The van der Waals surface area contributed by atoms with E-state index in [0.717, 1.165) is 5.92 Å². The lowest BCUT2D eigenvalue weighted by atomic mass is 9.90. The third kappa shape index (κ3) is 6.15. The lowest BCUT2D eigenvalue weighted by Gasteiger charge is -2.16. The molecule has 0 aliphatic carbocycles. The molecule has 0 heterocycles. The SMILES string of the molecule is CCCCCC(CCC)CCc1ccc(-c2ccc(C)cc2)cc1. The van der Waals surface area contributed by atoms with E-state index < -0.39 is 0 Å². The Morgan fingerprint density at radius 1 is 0.667 bits per heavy atom. The van der Waals surface area contributed by atoms with Crippen molar-refractivity contribution in [2.24, 2.45) is 5.92 Å².